The summed E-state index contributed by atoms with van der Waals surface area (Å²) in [6, 6.07) is 9.38. The number of hydrogen-bond donors (Lipinski definition) is 2. The highest BCUT2D eigenvalue weighted by molar-refractivity contribution is 5.92. The number of hydrogen-bond acceptors (Lipinski definition) is 5. The molecule has 0 saturated heterocycles. The van der Waals surface area contributed by atoms with E-state index >= 15 is 0 Å². The predicted octanol–water partition coefficient (Wildman–Crippen LogP) is 3.39. The molecule has 0 radical (unpaired) electrons. The zero-order valence-electron chi connectivity index (χ0n) is 15.5. The van der Waals surface area contributed by atoms with Gasteiger partial charge >= 0.3 is 5.97 Å². The van der Waals surface area contributed by atoms with Crippen molar-refractivity contribution in [3.05, 3.63) is 63.6 Å². The maximum absolute atomic E-state index is 12.7. The fourth-order valence-electron chi connectivity index (χ4n) is 2.90. The molecule has 1 aromatic heterocycles. The molecule has 0 spiro atoms. The summed E-state index contributed by atoms with van der Waals surface area (Å²) in [5, 5.41) is 19.0. The first-order valence-electron chi connectivity index (χ1n) is 8.86. The molecule has 28 heavy (non-hydrogen) atoms. The van der Waals surface area contributed by atoms with Crippen LogP contribution in [0, 0.1) is 0 Å². The van der Waals surface area contributed by atoms with Crippen molar-refractivity contribution in [1.29, 1.82) is 0 Å². The fraction of sp³-hybridized carbons (Fsp3) is 0.190. The Balaban J connectivity index is 2.08. The van der Waals surface area contributed by atoms with Crippen LogP contribution in [0.4, 0.5) is 0 Å². The van der Waals surface area contributed by atoms with Gasteiger partial charge < -0.3 is 19.5 Å². The minimum atomic E-state index is -1.05. The van der Waals surface area contributed by atoms with Crippen LogP contribution in [0.25, 0.3) is 23.2 Å². The van der Waals surface area contributed by atoms with Crippen molar-refractivity contribution in [2.24, 2.45) is 0 Å². The number of benzene rings is 2. The van der Waals surface area contributed by atoms with Crippen LogP contribution in [-0.2, 0) is 6.54 Å². The number of aromatic hydroxyl groups is 1. The molecule has 144 valence electrons. The SMILES string of the molecule is CCOc1cc(C=Cc2nc3cc(C(=O)O)ccc3n(CC)c2=O)ccc1O. The lowest BCUT2D eigenvalue weighted by molar-refractivity contribution is 0.0697. The number of carboxylic acid groups (broad SMARTS) is 1. The molecule has 2 aromatic carbocycles. The first-order chi connectivity index (χ1) is 13.4. The van der Waals surface area contributed by atoms with Crippen molar-refractivity contribution >= 4 is 29.2 Å². The molecule has 0 unspecified atom stereocenters. The van der Waals surface area contributed by atoms with Crippen LogP contribution >= 0.6 is 0 Å². The highest BCUT2D eigenvalue weighted by atomic mass is 16.5. The summed E-state index contributed by atoms with van der Waals surface area (Å²) >= 11 is 0. The zero-order valence-corrected chi connectivity index (χ0v) is 15.5. The molecule has 0 aliphatic carbocycles. The van der Waals surface area contributed by atoms with E-state index in [1.807, 2.05) is 13.8 Å². The van der Waals surface area contributed by atoms with Crippen molar-refractivity contribution < 1.29 is 19.7 Å². The molecule has 2 N–H and O–H groups in total. The van der Waals surface area contributed by atoms with Crippen LogP contribution in [0.5, 0.6) is 11.5 Å². The molecule has 1 heterocycles. The number of rotatable bonds is 6. The van der Waals surface area contributed by atoms with E-state index in [1.54, 1.807) is 34.9 Å². The van der Waals surface area contributed by atoms with E-state index < -0.39 is 5.97 Å². The molecule has 0 atom stereocenters. The smallest absolute Gasteiger partial charge is 0.335 e. The Hall–Kier alpha value is -3.61. The van der Waals surface area contributed by atoms with Gasteiger partial charge in [-0.15, -0.1) is 0 Å². The fourth-order valence-corrected chi connectivity index (χ4v) is 2.90. The highest BCUT2D eigenvalue weighted by Gasteiger charge is 2.11. The summed E-state index contributed by atoms with van der Waals surface area (Å²) in [4.78, 5) is 28.3. The standard InChI is InChI=1S/C21H20N2O5/c1-3-23-17-9-7-14(21(26)27)12-16(17)22-15(20(23)25)8-5-13-6-10-18(24)19(11-13)28-4-2/h5-12,24H,3-4H2,1-2H3,(H,26,27). The Bertz CT molecular complexity index is 1130. The number of phenolic OH excluding ortho intramolecular Hbond substituents is 1. The molecule has 3 aromatic rings. The Morgan fingerprint density at radius 2 is 1.96 bits per heavy atom. The van der Waals surface area contributed by atoms with E-state index in [1.165, 1.54) is 18.2 Å². The van der Waals surface area contributed by atoms with Gasteiger partial charge in [-0.25, -0.2) is 9.78 Å². The second-order valence-electron chi connectivity index (χ2n) is 6.05. The molecule has 0 aliphatic rings. The van der Waals surface area contributed by atoms with Crippen LogP contribution in [0.3, 0.4) is 0 Å². The topological polar surface area (TPSA) is 102 Å². The molecule has 7 heteroatoms. The first-order valence-corrected chi connectivity index (χ1v) is 8.86. The lowest BCUT2D eigenvalue weighted by atomic mass is 10.1. The highest BCUT2D eigenvalue weighted by Crippen LogP contribution is 2.27. The normalized spacial score (nSPS) is 11.2. The minimum Gasteiger partial charge on any atom is -0.504 e. The van der Waals surface area contributed by atoms with Gasteiger partial charge in [0.1, 0.15) is 5.69 Å². The lowest BCUT2D eigenvalue weighted by Gasteiger charge is -2.09. The van der Waals surface area contributed by atoms with Crippen molar-refractivity contribution in [2.75, 3.05) is 6.61 Å². The Labute approximate surface area is 161 Å². The van der Waals surface area contributed by atoms with Gasteiger partial charge in [-0.2, -0.15) is 0 Å². The monoisotopic (exact) mass is 380 g/mol. The summed E-state index contributed by atoms with van der Waals surface area (Å²) < 4.78 is 6.91. The van der Waals surface area contributed by atoms with Crippen LogP contribution < -0.4 is 10.3 Å². The van der Waals surface area contributed by atoms with Gasteiger partial charge in [0.05, 0.1) is 23.2 Å². The second kappa shape index (κ2) is 7.96. The molecule has 0 amide bonds. The van der Waals surface area contributed by atoms with Crippen molar-refractivity contribution in [1.82, 2.24) is 9.55 Å². The zero-order chi connectivity index (χ0) is 20.3. The number of fused-ring (bicyclic) bond motifs is 1. The summed E-state index contributed by atoms with van der Waals surface area (Å²) in [6.45, 7) is 4.51. The quantitative estimate of drug-likeness (QED) is 0.680. The minimum absolute atomic E-state index is 0.0392. The number of nitrogens with zero attached hydrogens (tertiary/aromatic N) is 2. The van der Waals surface area contributed by atoms with Crippen molar-refractivity contribution in [3.8, 4) is 11.5 Å². The molecule has 0 fully saturated rings. The average molecular weight is 380 g/mol. The number of aromatic nitrogens is 2. The van der Waals surface area contributed by atoms with Crippen LogP contribution in [0.2, 0.25) is 0 Å². The van der Waals surface area contributed by atoms with E-state index in [0.717, 1.165) is 5.56 Å². The number of phenols is 1. The van der Waals surface area contributed by atoms with Gasteiger partial charge in [0, 0.05) is 6.54 Å². The van der Waals surface area contributed by atoms with E-state index in [0.29, 0.717) is 29.9 Å². The van der Waals surface area contributed by atoms with Crippen LogP contribution in [-0.4, -0.2) is 32.3 Å². The Morgan fingerprint density at radius 3 is 2.64 bits per heavy atom. The van der Waals surface area contributed by atoms with Gasteiger partial charge in [0.25, 0.3) is 5.56 Å². The summed E-state index contributed by atoms with van der Waals surface area (Å²) in [5.41, 5.74) is 1.78. The molecule has 0 saturated carbocycles. The van der Waals surface area contributed by atoms with Crippen molar-refractivity contribution in [2.45, 2.75) is 20.4 Å². The second-order valence-corrected chi connectivity index (χ2v) is 6.05. The van der Waals surface area contributed by atoms with Crippen LogP contribution in [0.15, 0.2) is 41.2 Å². The summed E-state index contributed by atoms with van der Waals surface area (Å²) in [5.74, 6) is -0.659. The van der Waals surface area contributed by atoms with Crippen molar-refractivity contribution in [3.63, 3.8) is 0 Å². The Kier molecular flexibility index (Phi) is 5.44. The predicted molar refractivity (Wildman–Crippen MR) is 107 cm³/mol. The number of aromatic carboxylic acids is 1. The third kappa shape index (κ3) is 3.73. The van der Waals surface area contributed by atoms with Gasteiger partial charge in [-0.3, -0.25) is 4.79 Å². The molecule has 0 bridgehead atoms. The largest absolute Gasteiger partial charge is 0.504 e. The summed E-state index contributed by atoms with van der Waals surface area (Å²) in [6.07, 6.45) is 3.27. The van der Waals surface area contributed by atoms with Gasteiger partial charge in [0.15, 0.2) is 11.5 Å². The van der Waals surface area contributed by atoms with Gasteiger partial charge in [-0.1, -0.05) is 12.1 Å². The van der Waals surface area contributed by atoms with Gasteiger partial charge in [-0.05, 0) is 55.8 Å². The number of carbonyl (C=O) groups is 1. The van der Waals surface area contributed by atoms with Crippen LogP contribution in [0.1, 0.15) is 35.5 Å². The van der Waals surface area contributed by atoms with E-state index in [9.17, 15) is 19.8 Å². The molecule has 3 rings (SSSR count). The van der Waals surface area contributed by atoms with Gasteiger partial charge in [0.2, 0.25) is 0 Å². The lowest BCUT2D eigenvalue weighted by Crippen LogP contribution is -2.23. The Morgan fingerprint density at radius 1 is 1.18 bits per heavy atom. The maximum Gasteiger partial charge on any atom is 0.335 e. The maximum atomic E-state index is 12.7. The molecule has 0 aliphatic heterocycles. The number of ether oxygens (including phenoxy) is 1. The number of carboxylic acids is 1. The summed E-state index contributed by atoms with van der Waals surface area (Å²) in [7, 11) is 0. The molecular weight excluding hydrogens is 360 g/mol. The third-order valence-corrected chi connectivity index (χ3v) is 4.25. The van der Waals surface area contributed by atoms with E-state index in [4.69, 9.17) is 4.74 Å². The van der Waals surface area contributed by atoms with E-state index in [-0.39, 0.29) is 22.6 Å². The number of aryl methyl sites for hydroxylation is 1. The van der Waals surface area contributed by atoms with E-state index in [2.05, 4.69) is 4.98 Å². The first kappa shape index (κ1) is 19.2. The molecular formula is C21H20N2O5. The average Bonchev–Trinajstić information content (AvgIpc) is 2.68. The molecule has 7 nitrogen and oxygen atoms in total. The third-order valence-electron chi connectivity index (χ3n) is 4.25.